The van der Waals surface area contributed by atoms with Gasteiger partial charge in [0.1, 0.15) is 0 Å². The molecule has 0 aliphatic rings. The van der Waals surface area contributed by atoms with E-state index in [0.29, 0.717) is 13.0 Å². The van der Waals surface area contributed by atoms with Crippen molar-refractivity contribution in [2.24, 2.45) is 0 Å². The SMILES string of the molecule is O=S(=O)(CCCl)CCCN(c1ccccc1)c1ccccc1. The van der Waals surface area contributed by atoms with Crippen LogP contribution in [0.15, 0.2) is 60.7 Å². The molecule has 0 atom stereocenters. The molecule has 0 fully saturated rings. The highest BCUT2D eigenvalue weighted by atomic mass is 35.5. The summed E-state index contributed by atoms with van der Waals surface area (Å²) in [5.74, 6) is 0.366. The van der Waals surface area contributed by atoms with Gasteiger partial charge in [-0.3, -0.25) is 0 Å². The van der Waals surface area contributed by atoms with E-state index in [0.717, 1.165) is 11.4 Å². The van der Waals surface area contributed by atoms with E-state index in [9.17, 15) is 8.42 Å². The Bertz CT molecular complexity index is 620. The minimum atomic E-state index is -3.05. The third kappa shape index (κ3) is 5.04. The number of para-hydroxylation sites is 2. The van der Waals surface area contributed by atoms with Crippen molar-refractivity contribution in [3.63, 3.8) is 0 Å². The molecule has 0 radical (unpaired) electrons. The highest BCUT2D eigenvalue weighted by molar-refractivity contribution is 7.91. The Morgan fingerprint density at radius 2 is 1.32 bits per heavy atom. The molecule has 0 aliphatic heterocycles. The van der Waals surface area contributed by atoms with E-state index in [-0.39, 0.29) is 17.4 Å². The first kappa shape index (κ1) is 16.8. The Kier molecular flexibility index (Phi) is 6.28. The van der Waals surface area contributed by atoms with Crippen LogP contribution in [0.1, 0.15) is 6.42 Å². The maximum Gasteiger partial charge on any atom is 0.151 e. The lowest BCUT2D eigenvalue weighted by molar-refractivity contribution is 0.595. The van der Waals surface area contributed by atoms with Crippen LogP contribution in [-0.4, -0.2) is 32.3 Å². The molecule has 118 valence electrons. The van der Waals surface area contributed by atoms with Gasteiger partial charge in [-0.1, -0.05) is 36.4 Å². The summed E-state index contributed by atoms with van der Waals surface area (Å²) in [4.78, 5) is 2.14. The monoisotopic (exact) mass is 337 g/mol. The van der Waals surface area contributed by atoms with Gasteiger partial charge in [0.15, 0.2) is 9.84 Å². The largest absolute Gasteiger partial charge is 0.341 e. The summed E-state index contributed by atoms with van der Waals surface area (Å²) in [6, 6.07) is 20.0. The predicted octanol–water partition coefficient (Wildman–Crippen LogP) is 3.87. The Hall–Kier alpha value is -1.52. The first-order valence-electron chi connectivity index (χ1n) is 7.26. The first-order chi connectivity index (χ1) is 10.6. The number of sulfone groups is 1. The van der Waals surface area contributed by atoms with Crippen LogP contribution in [0.5, 0.6) is 0 Å². The Morgan fingerprint density at radius 3 is 1.77 bits per heavy atom. The second-order valence-electron chi connectivity index (χ2n) is 5.02. The first-order valence-corrected chi connectivity index (χ1v) is 9.62. The van der Waals surface area contributed by atoms with Crippen molar-refractivity contribution in [1.29, 1.82) is 0 Å². The van der Waals surface area contributed by atoms with Crippen LogP contribution in [0.4, 0.5) is 11.4 Å². The number of rotatable bonds is 8. The summed E-state index contributed by atoms with van der Waals surface area (Å²) < 4.78 is 23.6. The van der Waals surface area contributed by atoms with E-state index in [1.807, 2.05) is 60.7 Å². The quantitative estimate of drug-likeness (QED) is 0.686. The molecular formula is C17H20ClNO2S. The molecule has 0 unspecified atom stereocenters. The number of hydrogen-bond donors (Lipinski definition) is 0. The van der Waals surface area contributed by atoms with Gasteiger partial charge in [-0.2, -0.15) is 0 Å². The molecule has 0 saturated heterocycles. The van der Waals surface area contributed by atoms with E-state index in [1.54, 1.807) is 0 Å². The fourth-order valence-electron chi connectivity index (χ4n) is 2.29. The van der Waals surface area contributed by atoms with Crippen molar-refractivity contribution in [2.45, 2.75) is 6.42 Å². The summed E-state index contributed by atoms with van der Waals surface area (Å²) >= 11 is 5.53. The lowest BCUT2D eigenvalue weighted by Crippen LogP contribution is -2.22. The highest BCUT2D eigenvalue weighted by Crippen LogP contribution is 2.25. The van der Waals surface area contributed by atoms with Gasteiger partial charge in [0.25, 0.3) is 0 Å². The highest BCUT2D eigenvalue weighted by Gasteiger charge is 2.13. The molecule has 0 aromatic heterocycles. The summed E-state index contributed by atoms with van der Waals surface area (Å²) in [6.45, 7) is 0.648. The minimum Gasteiger partial charge on any atom is -0.341 e. The van der Waals surface area contributed by atoms with Crippen molar-refractivity contribution >= 4 is 32.8 Å². The number of nitrogens with zero attached hydrogens (tertiary/aromatic N) is 1. The molecule has 0 amide bonds. The summed E-state index contributed by atoms with van der Waals surface area (Å²) in [6.07, 6.45) is 0.572. The van der Waals surface area contributed by atoms with Gasteiger partial charge in [-0.15, -0.1) is 11.6 Å². The lowest BCUT2D eigenvalue weighted by Gasteiger charge is -2.25. The zero-order valence-corrected chi connectivity index (χ0v) is 13.9. The normalized spacial score (nSPS) is 11.3. The summed E-state index contributed by atoms with van der Waals surface area (Å²) in [5, 5.41) is 0. The maximum absolute atomic E-state index is 11.8. The van der Waals surface area contributed by atoms with E-state index in [1.165, 1.54) is 0 Å². The van der Waals surface area contributed by atoms with Crippen LogP contribution in [0.25, 0.3) is 0 Å². The predicted molar refractivity (Wildman–Crippen MR) is 93.9 cm³/mol. The maximum atomic E-state index is 11.8. The smallest absolute Gasteiger partial charge is 0.151 e. The average molecular weight is 338 g/mol. The van der Waals surface area contributed by atoms with Crippen LogP contribution in [-0.2, 0) is 9.84 Å². The summed E-state index contributed by atoms with van der Waals surface area (Å²) in [5.41, 5.74) is 2.12. The zero-order chi connectivity index (χ0) is 15.8. The van der Waals surface area contributed by atoms with Gasteiger partial charge >= 0.3 is 0 Å². The number of benzene rings is 2. The molecule has 0 N–H and O–H groups in total. The van der Waals surface area contributed by atoms with E-state index < -0.39 is 9.84 Å². The van der Waals surface area contributed by atoms with Crippen LogP contribution in [0.3, 0.4) is 0 Å². The number of hydrogen-bond acceptors (Lipinski definition) is 3. The van der Waals surface area contributed by atoms with Crippen molar-refractivity contribution in [3.05, 3.63) is 60.7 Å². The van der Waals surface area contributed by atoms with Crippen molar-refractivity contribution < 1.29 is 8.42 Å². The van der Waals surface area contributed by atoms with Crippen LogP contribution < -0.4 is 4.90 Å². The van der Waals surface area contributed by atoms with Gasteiger partial charge in [0, 0.05) is 23.8 Å². The van der Waals surface area contributed by atoms with Crippen molar-refractivity contribution in [3.8, 4) is 0 Å². The van der Waals surface area contributed by atoms with Crippen molar-refractivity contribution in [1.82, 2.24) is 0 Å². The molecule has 22 heavy (non-hydrogen) atoms. The van der Waals surface area contributed by atoms with Crippen molar-refractivity contribution in [2.75, 3.05) is 28.8 Å². The lowest BCUT2D eigenvalue weighted by atomic mass is 10.2. The minimum absolute atomic E-state index is 0.0469. The fourth-order valence-corrected chi connectivity index (χ4v) is 4.00. The van der Waals surface area contributed by atoms with Gasteiger partial charge in [0.2, 0.25) is 0 Å². The fraction of sp³-hybridized carbons (Fsp3) is 0.294. The molecule has 5 heteroatoms. The van der Waals surface area contributed by atoms with E-state index in [4.69, 9.17) is 11.6 Å². The molecule has 2 rings (SSSR count). The molecule has 0 bridgehead atoms. The van der Waals surface area contributed by atoms with Crippen LogP contribution in [0, 0.1) is 0 Å². The van der Waals surface area contributed by atoms with E-state index >= 15 is 0 Å². The molecular weight excluding hydrogens is 318 g/mol. The number of halogens is 1. The Balaban J connectivity index is 2.10. The van der Waals surface area contributed by atoms with E-state index in [2.05, 4.69) is 4.90 Å². The molecule has 3 nitrogen and oxygen atoms in total. The zero-order valence-electron chi connectivity index (χ0n) is 12.4. The third-order valence-corrected chi connectivity index (χ3v) is 5.51. The second-order valence-corrected chi connectivity index (χ2v) is 7.70. The summed E-state index contributed by atoms with van der Waals surface area (Å²) in [7, 11) is -3.05. The molecule has 0 saturated carbocycles. The second kappa shape index (κ2) is 8.20. The van der Waals surface area contributed by atoms with Gasteiger partial charge in [-0.25, -0.2) is 8.42 Å². The number of alkyl halides is 1. The topological polar surface area (TPSA) is 37.4 Å². The van der Waals surface area contributed by atoms with Gasteiger partial charge in [0.05, 0.1) is 11.5 Å². The van der Waals surface area contributed by atoms with Crippen LogP contribution in [0.2, 0.25) is 0 Å². The van der Waals surface area contributed by atoms with Crippen LogP contribution >= 0.6 is 11.6 Å². The number of anilines is 2. The Labute approximate surface area is 137 Å². The third-order valence-electron chi connectivity index (χ3n) is 3.36. The molecule has 0 aliphatic carbocycles. The molecule has 2 aromatic carbocycles. The molecule has 2 aromatic rings. The standard InChI is InChI=1S/C17H20ClNO2S/c18-12-15-22(20,21)14-7-13-19(16-8-3-1-4-9-16)17-10-5-2-6-11-17/h1-6,8-11H,7,12-15H2. The van der Waals surface area contributed by atoms with Gasteiger partial charge < -0.3 is 4.90 Å². The molecule has 0 spiro atoms. The Morgan fingerprint density at radius 1 is 0.818 bits per heavy atom. The average Bonchev–Trinajstić information content (AvgIpc) is 2.53. The molecule has 0 heterocycles. The van der Waals surface area contributed by atoms with Gasteiger partial charge in [-0.05, 0) is 30.7 Å².